The Morgan fingerprint density at radius 2 is 1.79 bits per heavy atom. The molecule has 28 heavy (non-hydrogen) atoms. The van der Waals surface area contributed by atoms with Crippen LogP contribution in [0.25, 0.3) is 0 Å². The van der Waals surface area contributed by atoms with Gasteiger partial charge in [0.2, 0.25) is 5.78 Å². The summed E-state index contributed by atoms with van der Waals surface area (Å²) < 4.78 is 28.4. The van der Waals surface area contributed by atoms with Crippen molar-refractivity contribution in [2.45, 2.75) is 96.5 Å². The lowest BCUT2D eigenvalue weighted by Gasteiger charge is -2.24. The number of hydrogen-bond acceptors (Lipinski definition) is 4. The Kier molecular flexibility index (Phi) is 10.2. The SMILES string of the molecule is CCC[C@@H](C)C(F)(F)C(=O)CC[C@H]1[C@H](O)CC(=O)[C@@H]1CCCCCCC(=O)O. The number of aliphatic carboxylic acids is 1. The summed E-state index contributed by atoms with van der Waals surface area (Å²) in [6, 6.07) is 0. The van der Waals surface area contributed by atoms with Crippen LogP contribution in [0.1, 0.15) is 84.5 Å². The average Bonchev–Trinajstić information content (AvgIpc) is 2.88. The van der Waals surface area contributed by atoms with Crippen LogP contribution in [0.4, 0.5) is 8.78 Å². The number of carbonyl (C=O) groups excluding carboxylic acids is 2. The maximum Gasteiger partial charge on any atom is 0.307 e. The molecule has 1 aliphatic rings. The van der Waals surface area contributed by atoms with Crippen LogP contribution in [0, 0.1) is 17.8 Å². The first-order chi connectivity index (χ1) is 13.1. The molecule has 0 aromatic carbocycles. The minimum absolute atomic E-state index is 0.0190. The van der Waals surface area contributed by atoms with Gasteiger partial charge in [-0.3, -0.25) is 14.4 Å². The van der Waals surface area contributed by atoms with Gasteiger partial charge in [-0.05, 0) is 31.6 Å². The predicted molar refractivity (Wildman–Crippen MR) is 101 cm³/mol. The molecule has 1 fully saturated rings. The second-order valence-corrected chi connectivity index (χ2v) is 8.13. The maximum absolute atomic E-state index is 14.2. The summed E-state index contributed by atoms with van der Waals surface area (Å²) in [5.74, 6) is -7.24. The van der Waals surface area contributed by atoms with Crippen LogP contribution in [0.2, 0.25) is 0 Å². The summed E-state index contributed by atoms with van der Waals surface area (Å²) in [5, 5.41) is 18.8. The minimum Gasteiger partial charge on any atom is -0.481 e. The summed E-state index contributed by atoms with van der Waals surface area (Å²) in [5.41, 5.74) is 0. The van der Waals surface area contributed by atoms with E-state index in [-0.39, 0.29) is 37.9 Å². The van der Waals surface area contributed by atoms with Crippen LogP contribution in [-0.4, -0.2) is 39.8 Å². The topological polar surface area (TPSA) is 91.7 Å². The second-order valence-electron chi connectivity index (χ2n) is 8.13. The third-order valence-electron chi connectivity index (χ3n) is 5.91. The van der Waals surface area contributed by atoms with Crippen LogP contribution in [0.15, 0.2) is 0 Å². The molecule has 0 amide bonds. The highest BCUT2D eigenvalue weighted by Crippen LogP contribution is 2.38. The van der Waals surface area contributed by atoms with Crippen molar-refractivity contribution < 1.29 is 33.4 Å². The second kappa shape index (κ2) is 11.6. The average molecular weight is 404 g/mol. The Balaban J connectivity index is 2.51. The first kappa shape index (κ1) is 24.7. The van der Waals surface area contributed by atoms with Gasteiger partial charge in [-0.2, -0.15) is 8.78 Å². The summed E-state index contributed by atoms with van der Waals surface area (Å²) in [6.45, 7) is 3.17. The fraction of sp³-hybridized carbons (Fsp3) is 0.857. The number of carboxylic acids is 1. The van der Waals surface area contributed by atoms with E-state index in [1.807, 2.05) is 0 Å². The lowest BCUT2D eigenvalue weighted by Crippen LogP contribution is -2.36. The maximum atomic E-state index is 14.2. The van der Waals surface area contributed by atoms with Gasteiger partial charge in [0.25, 0.3) is 0 Å². The first-order valence-electron chi connectivity index (χ1n) is 10.4. The van der Waals surface area contributed by atoms with Gasteiger partial charge < -0.3 is 10.2 Å². The molecule has 1 saturated carbocycles. The molecule has 0 aromatic rings. The highest BCUT2D eigenvalue weighted by molar-refractivity contribution is 5.86. The van der Waals surface area contributed by atoms with E-state index in [0.29, 0.717) is 19.3 Å². The molecule has 1 aliphatic carbocycles. The Morgan fingerprint density at radius 1 is 1.14 bits per heavy atom. The van der Waals surface area contributed by atoms with Gasteiger partial charge in [-0.15, -0.1) is 0 Å². The zero-order valence-corrected chi connectivity index (χ0v) is 17.0. The van der Waals surface area contributed by atoms with Crippen molar-refractivity contribution in [3.05, 3.63) is 0 Å². The van der Waals surface area contributed by atoms with Gasteiger partial charge >= 0.3 is 11.9 Å². The fourth-order valence-electron chi connectivity index (χ4n) is 4.13. The normalized spacial score (nSPS) is 23.8. The summed E-state index contributed by atoms with van der Waals surface area (Å²) in [4.78, 5) is 34.7. The molecule has 0 unspecified atom stereocenters. The number of alkyl halides is 2. The number of carbonyl (C=O) groups is 3. The lowest BCUT2D eigenvalue weighted by atomic mass is 9.84. The van der Waals surface area contributed by atoms with Crippen molar-refractivity contribution in [2.24, 2.45) is 17.8 Å². The van der Waals surface area contributed by atoms with Crippen LogP contribution in [0.3, 0.4) is 0 Å². The van der Waals surface area contributed by atoms with Crippen molar-refractivity contribution in [1.82, 2.24) is 0 Å². The molecule has 0 spiro atoms. The van der Waals surface area contributed by atoms with E-state index in [2.05, 4.69) is 0 Å². The molecule has 5 nitrogen and oxygen atoms in total. The lowest BCUT2D eigenvalue weighted by molar-refractivity contribution is -0.151. The number of ketones is 2. The van der Waals surface area contributed by atoms with Crippen LogP contribution in [0.5, 0.6) is 0 Å². The zero-order chi connectivity index (χ0) is 21.3. The van der Waals surface area contributed by atoms with E-state index in [0.717, 1.165) is 19.3 Å². The van der Waals surface area contributed by atoms with Crippen molar-refractivity contribution in [3.63, 3.8) is 0 Å². The Bertz CT molecular complexity index is 535. The predicted octanol–water partition coefficient (Wildman–Crippen LogP) is 4.40. The molecule has 0 aromatic heterocycles. The van der Waals surface area contributed by atoms with Gasteiger partial charge in [-0.25, -0.2) is 0 Å². The van der Waals surface area contributed by atoms with E-state index in [1.165, 1.54) is 6.92 Å². The third kappa shape index (κ3) is 7.22. The van der Waals surface area contributed by atoms with Crippen LogP contribution < -0.4 is 0 Å². The highest BCUT2D eigenvalue weighted by atomic mass is 19.3. The summed E-state index contributed by atoms with van der Waals surface area (Å²) in [6.07, 6.45) is 3.27. The van der Waals surface area contributed by atoms with Gasteiger partial charge in [0, 0.05) is 31.1 Å². The summed E-state index contributed by atoms with van der Waals surface area (Å²) >= 11 is 0. The first-order valence-corrected chi connectivity index (χ1v) is 10.4. The monoisotopic (exact) mass is 404 g/mol. The molecule has 1 rings (SSSR count). The van der Waals surface area contributed by atoms with Gasteiger partial charge in [0.05, 0.1) is 6.10 Å². The standard InChI is InChI=1S/C21H34F2O5/c1-3-8-14(2)21(22,23)19(26)12-11-16-15(17(24)13-18(16)25)9-6-4-5-7-10-20(27)28/h14-16,18,25H,3-13H2,1-2H3,(H,27,28)/t14-,15-,16-,18-/m1/s1. The molecule has 0 bridgehead atoms. The van der Waals surface area contributed by atoms with E-state index in [9.17, 15) is 28.3 Å². The number of Topliss-reactive ketones (excluding diaryl/α,β-unsaturated/α-hetero) is 2. The smallest absolute Gasteiger partial charge is 0.307 e. The molecule has 0 radical (unpaired) electrons. The number of aliphatic hydroxyl groups is 1. The number of rotatable bonds is 14. The molecule has 162 valence electrons. The van der Waals surface area contributed by atoms with E-state index < -0.39 is 41.5 Å². The molecule has 7 heteroatoms. The summed E-state index contributed by atoms with van der Waals surface area (Å²) in [7, 11) is 0. The van der Waals surface area contributed by atoms with E-state index in [1.54, 1.807) is 6.92 Å². The van der Waals surface area contributed by atoms with Crippen molar-refractivity contribution in [1.29, 1.82) is 0 Å². The minimum atomic E-state index is -3.37. The molecule has 2 N–H and O–H groups in total. The van der Waals surface area contributed by atoms with Gasteiger partial charge in [0.15, 0.2) is 0 Å². The Labute approximate surface area is 165 Å². The number of halogens is 2. The van der Waals surface area contributed by atoms with Crippen molar-refractivity contribution >= 4 is 17.5 Å². The van der Waals surface area contributed by atoms with E-state index >= 15 is 0 Å². The molecular formula is C21H34F2O5. The zero-order valence-electron chi connectivity index (χ0n) is 17.0. The molecule has 0 saturated heterocycles. The number of hydrogen-bond donors (Lipinski definition) is 2. The molecule has 4 atom stereocenters. The molecule has 0 heterocycles. The van der Waals surface area contributed by atoms with Crippen LogP contribution >= 0.6 is 0 Å². The van der Waals surface area contributed by atoms with Crippen LogP contribution in [-0.2, 0) is 14.4 Å². The quantitative estimate of drug-likeness (QED) is 0.419. The van der Waals surface area contributed by atoms with Crippen molar-refractivity contribution in [2.75, 3.05) is 0 Å². The molecular weight excluding hydrogens is 370 g/mol. The largest absolute Gasteiger partial charge is 0.481 e. The van der Waals surface area contributed by atoms with Gasteiger partial charge in [-0.1, -0.05) is 39.5 Å². The van der Waals surface area contributed by atoms with Gasteiger partial charge in [0.1, 0.15) is 5.78 Å². The number of unbranched alkanes of at least 4 members (excludes halogenated alkanes) is 3. The van der Waals surface area contributed by atoms with Crippen molar-refractivity contribution in [3.8, 4) is 0 Å². The Hall–Kier alpha value is -1.37. The number of aliphatic hydroxyl groups excluding tert-OH is 1. The Morgan fingerprint density at radius 3 is 2.39 bits per heavy atom. The fourth-order valence-corrected chi connectivity index (χ4v) is 4.13. The number of carboxylic acid groups (broad SMARTS) is 1. The highest BCUT2D eigenvalue weighted by Gasteiger charge is 2.45. The van der Waals surface area contributed by atoms with E-state index in [4.69, 9.17) is 5.11 Å². The molecule has 0 aliphatic heterocycles. The third-order valence-corrected chi connectivity index (χ3v) is 5.91.